The number of aryl methyl sites for hydroxylation is 1. The Morgan fingerprint density at radius 1 is 1.36 bits per heavy atom. The van der Waals surface area contributed by atoms with E-state index in [2.05, 4.69) is 5.32 Å². The molecule has 1 N–H and O–H groups in total. The SMILES string of the molecule is Cc1oc(C2CCCCN2)c(C)c1Cl. The summed E-state index contributed by atoms with van der Waals surface area (Å²) in [5.74, 6) is 1.87. The third-order valence-corrected chi connectivity index (χ3v) is 3.45. The molecule has 0 amide bonds. The molecule has 78 valence electrons. The zero-order valence-electron chi connectivity index (χ0n) is 8.69. The van der Waals surface area contributed by atoms with E-state index in [4.69, 9.17) is 16.0 Å². The number of hydrogen-bond donors (Lipinski definition) is 1. The van der Waals surface area contributed by atoms with Gasteiger partial charge < -0.3 is 9.73 Å². The molecule has 1 aromatic heterocycles. The Kier molecular flexibility index (Phi) is 2.84. The summed E-state index contributed by atoms with van der Waals surface area (Å²) in [6.45, 7) is 5.04. The standard InChI is InChI=1S/C11H16ClNO/c1-7-10(12)8(2)14-11(7)9-5-3-4-6-13-9/h9,13H,3-6H2,1-2H3. The van der Waals surface area contributed by atoms with Crippen molar-refractivity contribution in [1.29, 1.82) is 0 Å². The highest BCUT2D eigenvalue weighted by Crippen LogP contribution is 2.33. The van der Waals surface area contributed by atoms with Crippen molar-refractivity contribution in [3.8, 4) is 0 Å². The molecular formula is C11H16ClNO. The molecule has 0 radical (unpaired) electrons. The lowest BCUT2D eigenvalue weighted by atomic mass is 10.0. The molecule has 1 atom stereocenters. The Morgan fingerprint density at radius 3 is 2.64 bits per heavy atom. The minimum Gasteiger partial charge on any atom is -0.463 e. The van der Waals surface area contributed by atoms with Crippen LogP contribution in [0, 0.1) is 13.8 Å². The van der Waals surface area contributed by atoms with Crippen molar-refractivity contribution in [2.24, 2.45) is 0 Å². The Bertz CT molecular complexity index is 326. The van der Waals surface area contributed by atoms with Crippen LogP contribution in [0.5, 0.6) is 0 Å². The number of halogens is 1. The number of hydrogen-bond acceptors (Lipinski definition) is 2. The molecule has 0 aliphatic carbocycles. The van der Waals surface area contributed by atoms with Crippen molar-refractivity contribution in [1.82, 2.24) is 5.32 Å². The van der Waals surface area contributed by atoms with Crippen LogP contribution in [0.25, 0.3) is 0 Å². The third kappa shape index (κ3) is 1.69. The van der Waals surface area contributed by atoms with Crippen molar-refractivity contribution in [2.45, 2.75) is 39.2 Å². The van der Waals surface area contributed by atoms with Crippen LogP contribution in [0.15, 0.2) is 4.42 Å². The smallest absolute Gasteiger partial charge is 0.125 e. The summed E-state index contributed by atoms with van der Waals surface area (Å²) in [6.07, 6.45) is 3.70. The van der Waals surface area contributed by atoms with Crippen molar-refractivity contribution >= 4 is 11.6 Å². The molecule has 0 spiro atoms. The molecule has 2 nitrogen and oxygen atoms in total. The van der Waals surface area contributed by atoms with E-state index < -0.39 is 0 Å². The molecule has 0 saturated carbocycles. The first-order valence-electron chi connectivity index (χ1n) is 5.19. The van der Waals surface area contributed by atoms with Gasteiger partial charge in [-0.25, -0.2) is 0 Å². The highest BCUT2D eigenvalue weighted by molar-refractivity contribution is 6.32. The fraction of sp³-hybridized carbons (Fsp3) is 0.636. The Hall–Kier alpha value is -0.470. The van der Waals surface area contributed by atoms with Crippen molar-refractivity contribution in [2.75, 3.05) is 6.54 Å². The summed E-state index contributed by atoms with van der Waals surface area (Å²) in [5, 5.41) is 4.25. The van der Waals surface area contributed by atoms with E-state index in [1.54, 1.807) is 0 Å². The van der Waals surface area contributed by atoms with Crippen molar-refractivity contribution in [3.63, 3.8) is 0 Å². The predicted molar refractivity (Wildman–Crippen MR) is 57.8 cm³/mol. The van der Waals surface area contributed by atoms with Gasteiger partial charge in [-0.2, -0.15) is 0 Å². The molecular weight excluding hydrogens is 198 g/mol. The lowest BCUT2D eigenvalue weighted by Gasteiger charge is -2.22. The second-order valence-corrected chi connectivity index (χ2v) is 4.34. The maximum atomic E-state index is 6.10. The first kappa shape index (κ1) is 10.1. The molecule has 14 heavy (non-hydrogen) atoms. The van der Waals surface area contributed by atoms with E-state index in [0.29, 0.717) is 6.04 Å². The van der Waals surface area contributed by atoms with E-state index in [9.17, 15) is 0 Å². The molecule has 1 aromatic rings. The second kappa shape index (κ2) is 3.95. The van der Waals surface area contributed by atoms with Crippen LogP contribution in [-0.4, -0.2) is 6.54 Å². The largest absolute Gasteiger partial charge is 0.463 e. The van der Waals surface area contributed by atoms with Crippen LogP contribution in [0.2, 0.25) is 5.02 Å². The van der Waals surface area contributed by atoms with Crippen LogP contribution in [0.4, 0.5) is 0 Å². The first-order valence-corrected chi connectivity index (χ1v) is 5.56. The summed E-state index contributed by atoms with van der Waals surface area (Å²) in [6, 6.07) is 0.370. The van der Waals surface area contributed by atoms with Gasteiger partial charge in [0.2, 0.25) is 0 Å². The summed E-state index contributed by atoms with van der Waals surface area (Å²) >= 11 is 6.10. The second-order valence-electron chi connectivity index (χ2n) is 3.96. The number of nitrogens with one attached hydrogen (secondary N) is 1. The molecule has 2 rings (SSSR count). The van der Waals surface area contributed by atoms with Crippen LogP contribution < -0.4 is 5.32 Å². The fourth-order valence-electron chi connectivity index (χ4n) is 2.07. The topological polar surface area (TPSA) is 25.2 Å². The lowest BCUT2D eigenvalue weighted by Crippen LogP contribution is -2.26. The van der Waals surface area contributed by atoms with Gasteiger partial charge >= 0.3 is 0 Å². The Balaban J connectivity index is 2.26. The minimum atomic E-state index is 0.370. The maximum absolute atomic E-state index is 6.10. The van der Waals surface area contributed by atoms with E-state index in [1.165, 1.54) is 12.8 Å². The third-order valence-electron chi connectivity index (χ3n) is 2.90. The number of furan rings is 1. The highest BCUT2D eigenvalue weighted by Gasteiger charge is 2.22. The van der Waals surface area contributed by atoms with E-state index in [1.807, 2.05) is 13.8 Å². The van der Waals surface area contributed by atoms with Gasteiger partial charge in [-0.15, -0.1) is 0 Å². The van der Waals surface area contributed by atoms with Crippen LogP contribution >= 0.6 is 11.6 Å². The normalized spacial score (nSPS) is 22.6. The summed E-state index contributed by atoms with van der Waals surface area (Å²) in [5.41, 5.74) is 1.10. The predicted octanol–water partition coefficient (Wildman–Crippen LogP) is 3.36. The van der Waals surface area contributed by atoms with E-state index >= 15 is 0 Å². The minimum absolute atomic E-state index is 0.370. The quantitative estimate of drug-likeness (QED) is 0.774. The van der Waals surface area contributed by atoms with Gasteiger partial charge in [-0.1, -0.05) is 18.0 Å². The summed E-state index contributed by atoms with van der Waals surface area (Å²) in [4.78, 5) is 0. The zero-order valence-corrected chi connectivity index (χ0v) is 9.45. The molecule has 2 heterocycles. The molecule has 0 bridgehead atoms. The molecule has 1 fully saturated rings. The van der Waals surface area contributed by atoms with E-state index in [-0.39, 0.29) is 0 Å². The summed E-state index contributed by atoms with van der Waals surface area (Å²) < 4.78 is 5.69. The van der Waals surface area contributed by atoms with Gasteiger partial charge in [0.15, 0.2) is 0 Å². The average molecular weight is 214 g/mol. The maximum Gasteiger partial charge on any atom is 0.125 e. The lowest BCUT2D eigenvalue weighted by molar-refractivity contribution is 0.341. The van der Waals surface area contributed by atoms with Gasteiger partial charge in [0.25, 0.3) is 0 Å². The number of rotatable bonds is 1. The Morgan fingerprint density at radius 2 is 2.14 bits per heavy atom. The highest BCUT2D eigenvalue weighted by atomic mass is 35.5. The van der Waals surface area contributed by atoms with Crippen LogP contribution in [-0.2, 0) is 0 Å². The molecule has 0 aromatic carbocycles. The average Bonchev–Trinajstić information content (AvgIpc) is 2.47. The molecule has 1 saturated heterocycles. The number of piperidine rings is 1. The molecule has 1 unspecified atom stereocenters. The molecule has 1 aliphatic rings. The monoisotopic (exact) mass is 213 g/mol. The molecule has 1 aliphatic heterocycles. The van der Waals surface area contributed by atoms with Gasteiger partial charge in [0.1, 0.15) is 11.5 Å². The van der Waals surface area contributed by atoms with Crippen LogP contribution in [0.1, 0.15) is 42.4 Å². The Labute approximate surface area is 89.6 Å². The summed E-state index contributed by atoms with van der Waals surface area (Å²) in [7, 11) is 0. The van der Waals surface area contributed by atoms with Gasteiger partial charge in [-0.3, -0.25) is 0 Å². The zero-order chi connectivity index (χ0) is 10.1. The molecule has 3 heteroatoms. The van der Waals surface area contributed by atoms with Crippen molar-refractivity contribution < 1.29 is 4.42 Å². The van der Waals surface area contributed by atoms with Gasteiger partial charge in [0.05, 0.1) is 11.1 Å². The van der Waals surface area contributed by atoms with Gasteiger partial charge in [0, 0.05) is 5.56 Å². The van der Waals surface area contributed by atoms with Crippen LogP contribution in [0.3, 0.4) is 0 Å². The first-order chi connectivity index (χ1) is 6.70. The fourth-order valence-corrected chi connectivity index (χ4v) is 2.20. The van der Waals surface area contributed by atoms with Gasteiger partial charge in [-0.05, 0) is 33.2 Å². The van der Waals surface area contributed by atoms with E-state index in [0.717, 1.165) is 35.1 Å². The van der Waals surface area contributed by atoms with Crippen molar-refractivity contribution in [3.05, 3.63) is 22.1 Å².